The molecule has 0 fully saturated rings. The molecule has 0 bridgehead atoms. The van der Waals surface area contributed by atoms with Crippen LogP contribution in [0.4, 0.5) is 0 Å². The van der Waals surface area contributed by atoms with Crippen LogP contribution in [0.2, 0.25) is 0 Å². The van der Waals surface area contributed by atoms with Crippen LogP contribution in [0.15, 0.2) is 17.8 Å². The Bertz CT molecular complexity index is 730. The Hall–Kier alpha value is -1.89. The molecule has 0 aliphatic rings. The molecule has 7 heteroatoms. The van der Waals surface area contributed by atoms with E-state index in [1.165, 1.54) is 38.5 Å². The van der Waals surface area contributed by atoms with E-state index in [1.54, 1.807) is 7.05 Å². The Morgan fingerprint density at radius 1 is 0.644 bits per heavy atom. The predicted molar refractivity (Wildman–Crippen MR) is 192 cm³/mol. The molecule has 0 amide bonds. The lowest BCUT2D eigenvalue weighted by molar-refractivity contribution is -0.145. The summed E-state index contributed by atoms with van der Waals surface area (Å²) >= 11 is 0. The summed E-state index contributed by atoms with van der Waals surface area (Å²) in [5.41, 5.74) is 0. The molecule has 45 heavy (non-hydrogen) atoms. The van der Waals surface area contributed by atoms with E-state index in [0.717, 1.165) is 103 Å². The van der Waals surface area contributed by atoms with Gasteiger partial charge in [0, 0.05) is 26.4 Å². The van der Waals surface area contributed by atoms with Gasteiger partial charge in [-0.1, -0.05) is 105 Å². The number of hydrogen-bond acceptors (Lipinski definition) is 6. The third-order valence-corrected chi connectivity index (χ3v) is 8.67. The van der Waals surface area contributed by atoms with Crippen LogP contribution >= 0.6 is 0 Å². The van der Waals surface area contributed by atoms with Crippen molar-refractivity contribution in [3.8, 4) is 0 Å². The summed E-state index contributed by atoms with van der Waals surface area (Å²) < 4.78 is 11.0. The average molecular weight is 636 g/mol. The topological polar surface area (TPSA) is 71.4 Å². The summed E-state index contributed by atoms with van der Waals surface area (Å²) in [4.78, 5) is 32.8. The highest BCUT2D eigenvalue weighted by atomic mass is 16.5. The summed E-state index contributed by atoms with van der Waals surface area (Å²) in [5.74, 6) is 1.25. The second kappa shape index (κ2) is 32.1. The molecule has 0 aromatic heterocycles. The molecular weight excluding hydrogens is 562 g/mol. The summed E-state index contributed by atoms with van der Waals surface area (Å²) in [5, 5.41) is 0. The first-order valence-corrected chi connectivity index (χ1v) is 18.7. The molecule has 0 rings (SSSR count). The van der Waals surface area contributed by atoms with E-state index in [1.807, 2.05) is 17.4 Å². The highest BCUT2D eigenvalue weighted by Crippen LogP contribution is 2.16. The lowest BCUT2D eigenvalue weighted by Crippen LogP contribution is -2.29. The van der Waals surface area contributed by atoms with Gasteiger partial charge in [0.15, 0.2) is 0 Å². The Morgan fingerprint density at radius 3 is 1.67 bits per heavy atom. The van der Waals surface area contributed by atoms with Gasteiger partial charge in [-0.05, 0) is 82.6 Å². The van der Waals surface area contributed by atoms with Crippen LogP contribution in [0.1, 0.15) is 156 Å². The molecule has 0 N–H and O–H groups in total. The van der Waals surface area contributed by atoms with Crippen LogP contribution in [0.5, 0.6) is 0 Å². The SMILES string of the molecule is C=CN(C=NC)CCCN(CCCCCCOC(=O)CCCC(C)CCCC)CCCCCCOC(=O)CCC(C)CCCC. The van der Waals surface area contributed by atoms with E-state index in [4.69, 9.17) is 9.47 Å². The summed E-state index contributed by atoms with van der Waals surface area (Å²) in [7, 11) is 1.79. The van der Waals surface area contributed by atoms with E-state index in [0.29, 0.717) is 37.9 Å². The monoisotopic (exact) mass is 636 g/mol. The van der Waals surface area contributed by atoms with Crippen molar-refractivity contribution in [2.24, 2.45) is 16.8 Å². The lowest BCUT2D eigenvalue weighted by Gasteiger charge is -2.23. The number of ether oxygens (including phenoxy) is 2. The molecule has 0 spiro atoms. The van der Waals surface area contributed by atoms with E-state index < -0.39 is 0 Å². The number of nitrogens with zero attached hydrogens (tertiary/aromatic N) is 3. The zero-order valence-electron chi connectivity index (χ0n) is 30.4. The molecule has 0 saturated heterocycles. The minimum Gasteiger partial charge on any atom is -0.466 e. The Balaban J connectivity index is 4.16. The van der Waals surface area contributed by atoms with Gasteiger partial charge < -0.3 is 19.3 Å². The molecule has 0 aliphatic heterocycles. The maximum atomic E-state index is 12.1. The van der Waals surface area contributed by atoms with Gasteiger partial charge in [0.05, 0.1) is 19.6 Å². The molecule has 7 nitrogen and oxygen atoms in total. The average Bonchev–Trinajstić information content (AvgIpc) is 3.03. The Labute approximate surface area is 279 Å². The second-order valence-electron chi connectivity index (χ2n) is 13.2. The highest BCUT2D eigenvalue weighted by molar-refractivity contribution is 5.69. The third kappa shape index (κ3) is 29.3. The van der Waals surface area contributed by atoms with Crippen LogP contribution in [-0.2, 0) is 19.1 Å². The van der Waals surface area contributed by atoms with Crippen molar-refractivity contribution in [1.82, 2.24) is 9.80 Å². The molecule has 0 aromatic carbocycles. The number of rotatable bonds is 33. The van der Waals surface area contributed by atoms with Gasteiger partial charge in [-0.25, -0.2) is 0 Å². The van der Waals surface area contributed by atoms with Crippen molar-refractivity contribution in [1.29, 1.82) is 0 Å². The van der Waals surface area contributed by atoms with Crippen molar-refractivity contribution in [3.05, 3.63) is 12.8 Å². The van der Waals surface area contributed by atoms with E-state index in [2.05, 4.69) is 44.2 Å². The number of hydrogen-bond donors (Lipinski definition) is 0. The van der Waals surface area contributed by atoms with Gasteiger partial charge in [0.1, 0.15) is 0 Å². The van der Waals surface area contributed by atoms with Gasteiger partial charge in [-0.15, -0.1) is 0 Å². The van der Waals surface area contributed by atoms with Gasteiger partial charge in [-0.2, -0.15) is 0 Å². The van der Waals surface area contributed by atoms with Crippen molar-refractivity contribution in [2.75, 3.05) is 46.4 Å². The van der Waals surface area contributed by atoms with Crippen LogP contribution in [0, 0.1) is 11.8 Å². The summed E-state index contributed by atoms with van der Waals surface area (Å²) in [6.45, 7) is 18.1. The molecular formula is C38H73N3O4. The van der Waals surface area contributed by atoms with Crippen LogP contribution < -0.4 is 0 Å². The van der Waals surface area contributed by atoms with E-state index in [9.17, 15) is 9.59 Å². The molecule has 0 aromatic rings. The quantitative estimate of drug-likeness (QED) is 0.0309. The Kier molecular flexibility index (Phi) is 30.7. The molecule has 0 heterocycles. The molecule has 2 unspecified atom stereocenters. The van der Waals surface area contributed by atoms with Crippen LogP contribution in [0.25, 0.3) is 0 Å². The number of carbonyl (C=O) groups is 2. The number of esters is 2. The number of unbranched alkanes of at least 4 members (excludes halogenated alkanes) is 8. The largest absolute Gasteiger partial charge is 0.466 e. The van der Waals surface area contributed by atoms with Gasteiger partial charge in [-0.3, -0.25) is 14.6 Å². The predicted octanol–water partition coefficient (Wildman–Crippen LogP) is 9.59. The standard InChI is InChI=1S/C38H73N3O4/c1-7-10-22-35(4)24-20-25-37(42)44-32-18-14-12-16-28-41(31-21-30-40(9-3)34-39-6)29-17-13-15-19-33-45-38(43)27-26-36(5)23-11-8-2/h9,34-36H,3,7-8,10-33H2,1-2,4-6H3. The Morgan fingerprint density at radius 2 is 1.13 bits per heavy atom. The maximum absolute atomic E-state index is 12.1. The lowest BCUT2D eigenvalue weighted by atomic mass is 9.98. The first-order chi connectivity index (χ1) is 21.9. The zero-order chi connectivity index (χ0) is 33.4. The third-order valence-electron chi connectivity index (χ3n) is 8.67. The van der Waals surface area contributed by atoms with Gasteiger partial charge in [0.2, 0.25) is 0 Å². The van der Waals surface area contributed by atoms with Crippen LogP contribution in [0.3, 0.4) is 0 Å². The van der Waals surface area contributed by atoms with Crippen molar-refractivity contribution in [2.45, 2.75) is 156 Å². The maximum Gasteiger partial charge on any atom is 0.305 e. The highest BCUT2D eigenvalue weighted by Gasteiger charge is 2.09. The van der Waals surface area contributed by atoms with Crippen molar-refractivity contribution < 1.29 is 19.1 Å². The number of carbonyl (C=O) groups excluding carboxylic acids is 2. The summed E-state index contributed by atoms with van der Waals surface area (Å²) in [6.07, 6.45) is 25.1. The van der Waals surface area contributed by atoms with E-state index >= 15 is 0 Å². The fourth-order valence-electron chi connectivity index (χ4n) is 5.61. The molecule has 264 valence electrons. The minimum absolute atomic E-state index is 0.0313. The fourth-order valence-corrected chi connectivity index (χ4v) is 5.61. The van der Waals surface area contributed by atoms with E-state index in [-0.39, 0.29) is 11.9 Å². The molecule has 0 aliphatic carbocycles. The smallest absolute Gasteiger partial charge is 0.305 e. The first-order valence-electron chi connectivity index (χ1n) is 18.7. The molecule has 0 saturated carbocycles. The molecule has 0 radical (unpaired) electrons. The molecule has 2 atom stereocenters. The van der Waals surface area contributed by atoms with Crippen molar-refractivity contribution in [3.63, 3.8) is 0 Å². The fraction of sp³-hybridized carbons (Fsp3) is 0.868. The van der Waals surface area contributed by atoms with Crippen molar-refractivity contribution >= 4 is 18.3 Å². The normalized spacial score (nSPS) is 12.8. The number of aliphatic imine (C=N–C) groups is 1. The first kappa shape index (κ1) is 43.1. The zero-order valence-corrected chi connectivity index (χ0v) is 30.4. The summed E-state index contributed by atoms with van der Waals surface area (Å²) in [6, 6.07) is 0. The van der Waals surface area contributed by atoms with Gasteiger partial charge >= 0.3 is 11.9 Å². The second-order valence-corrected chi connectivity index (χ2v) is 13.2. The van der Waals surface area contributed by atoms with Crippen LogP contribution in [-0.4, -0.2) is 74.5 Å². The minimum atomic E-state index is -0.0350. The van der Waals surface area contributed by atoms with Gasteiger partial charge in [0.25, 0.3) is 0 Å².